The van der Waals surface area contributed by atoms with Gasteiger partial charge in [0, 0.05) is 11.4 Å². The molecular formula is C14H15ClO. The number of halogens is 1. The van der Waals surface area contributed by atoms with Crippen LogP contribution < -0.4 is 0 Å². The normalized spacial score (nSPS) is 16.1. The van der Waals surface area contributed by atoms with E-state index in [4.69, 9.17) is 11.6 Å². The van der Waals surface area contributed by atoms with Gasteiger partial charge in [-0.15, -0.1) is 0 Å². The van der Waals surface area contributed by atoms with Crippen LogP contribution in [0.4, 0.5) is 0 Å². The van der Waals surface area contributed by atoms with Gasteiger partial charge in [-0.2, -0.15) is 0 Å². The number of aryl methyl sites for hydroxylation is 1. The SMILES string of the molecule is Cc1ccc(CC2=CC(=O)CCC2)c(Cl)c1. The van der Waals surface area contributed by atoms with Gasteiger partial charge in [-0.3, -0.25) is 4.79 Å². The van der Waals surface area contributed by atoms with E-state index in [2.05, 4.69) is 12.1 Å². The average molecular weight is 235 g/mol. The van der Waals surface area contributed by atoms with E-state index in [1.165, 1.54) is 11.1 Å². The van der Waals surface area contributed by atoms with Gasteiger partial charge in [-0.25, -0.2) is 0 Å². The summed E-state index contributed by atoms with van der Waals surface area (Å²) in [6.45, 7) is 2.03. The topological polar surface area (TPSA) is 17.1 Å². The number of allylic oxidation sites excluding steroid dienone is 2. The summed E-state index contributed by atoms with van der Waals surface area (Å²) in [4.78, 5) is 11.3. The molecule has 0 unspecified atom stereocenters. The average Bonchev–Trinajstić information content (AvgIpc) is 2.22. The smallest absolute Gasteiger partial charge is 0.155 e. The molecule has 0 aromatic heterocycles. The molecule has 1 aliphatic rings. The lowest BCUT2D eigenvalue weighted by atomic mass is 9.93. The van der Waals surface area contributed by atoms with Crippen LogP contribution >= 0.6 is 11.6 Å². The van der Waals surface area contributed by atoms with Gasteiger partial charge in [-0.05, 0) is 49.5 Å². The fourth-order valence-corrected chi connectivity index (χ4v) is 2.34. The first kappa shape index (κ1) is 11.4. The summed E-state index contributed by atoms with van der Waals surface area (Å²) in [6, 6.07) is 6.09. The molecule has 84 valence electrons. The summed E-state index contributed by atoms with van der Waals surface area (Å²) in [6.07, 6.45) is 5.31. The summed E-state index contributed by atoms with van der Waals surface area (Å²) in [5.41, 5.74) is 3.50. The second-order valence-electron chi connectivity index (χ2n) is 4.39. The Morgan fingerprint density at radius 2 is 2.12 bits per heavy atom. The molecule has 0 N–H and O–H groups in total. The van der Waals surface area contributed by atoms with Gasteiger partial charge >= 0.3 is 0 Å². The summed E-state index contributed by atoms with van der Waals surface area (Å²) in [5.74, 6) is 0.254. The molecule has 0 saturated heterocycles. The molecule has 2 heteroatoms. The van der Waals surface area contributed by atoms with Gasteiger partial charge in [0.1, 0.15) is 0 Å². The van der Waals surface area contributed by atoms with E-state index in [-0.39, 0.29) is 5.78 Å². The Kier molecular flexibility index (Phi) is 3.45. The van der Waals surface area contributed by atoms with Crippen molar-refractivity contribution in [3.8, 4) is 0 Å². The van der Waals surface area contributed by atoms with Gasteiger partial charge in [0.15, 0.2) is 5.78 Å². The maximum atomic E-state index is 11.3. The third-order valence-electron chi connectivity index (χ3n) is 2.91. The molecule has 0 amide bonds. The molecule has 0 bridgehead atoms. The quantitative estimate of drug-likeness (QED) is 0.759. The van der Waals surface area contributed by atoms with Crippen molar-refractivity contribution in [2.24, 2.45) is 0 Å². The highest BCUT2D eigenvalue weighted by atomic mass is 35.5. The van der Waals surface area contributed by atoms with Gasteiger partial charge in [0.2, 0.25) is 0 Å². The number of rotatable bonds is 2. The van der Waals surface area contributed by atoms with Crippen molar-refractivity contribution in [1.29, 1.82) is 0 Å². The number of carbonyl (C=O) groups is 1. The first-order valence-corrected chi connectivity index (χ1v) is 6.00. The van der Waals surface area contributed by atoms with Crippen LogP contribution in [0.2, 0.25) is 5.02 Å². The van der Waals surface area contributed by atoms with Crippen molar-refractivity contribution >= 4 is 17.4 Å². The third-order valence-corrected chi connectivity index (χ3v) is 3.26. The fraction of sp³-hybridized carbons (Fsp3) is 0.357. The molecule has 0 spiro atoms. The molecule has 0 saturated carbocycles. The van der Waals surface area contributed by atoms with Gasteiger partial charge < -0.3 is 0 Å². The predicted octanol–water partition coefficient (Wildman–Crippen LogP) is 3.87. The van der Waals surface area contributed by atoms with E-state index in [1.54, 1.807) is 6.08 Å². The highest BCUT2D eigenvalue weighted by Crippen LogP contribution is 2.24. The maximum Gasteiger partial charge on any atom is 0.155 e. The molecule has 2 rings (SSSR count). The van der Waals surface area contributed by atoms with Crippen molar-refractivity contribution < 1.29 is 4.79 Å². The number of carbonyl (C=O) groups excluding carboxylic acids is 1. The Balaban J connectivity index is 2.17. The van der Waals surface area contributed by atoms with Gasteiger partial charge in [0.25, 0.3) is 0 Å². The second-order valence-corrected chi connectivity index (χ2v) is 4.80. The highest BCUT2D eigenvalue weighted by Gasteiger charge is 2.11. The largest absolute Gasteiger partial charge is 0.295 e. The van der Waals surface area contributed by atoms with Gasteiger partial charge in [-0.1, -0.05) is 29.3 Å². The first-order chi connectivity index (χ1) is 7.65. The van der Waals surface area contributed by atoms with E-state index >= 15 is 0 Å². The van der Waals surface area contributed by atoms with Crippen molar-refractivity contribution in [1.82, 2.24) is 0 Å². The number of ketones is 1. The monoisotopic (exact) mass is 234 g/mol. The van der Waals surface area contributed by atoms with Crippen molar-refractivity contribution in [3.63, 3.8) is 0 Å². The minimum absolute atomic E-state index is 0.254. The molecule has 16 heavy (non-hydrogen) atoms. The molecule has 0 fully saturated rings. The van der Waals surface area contributed by atoms with Crippen LogP contribution in [0.25, 0.3) is 0 Å². The third kappa shape index (κ3) is 2.73. The molecule has 0 atom stereocenters. The van der Waals surface area contributed by atoms with Gasteiger partial charge in [0.05, 0.1) is 0 Å². The summed E-state index contributed by atoms with van der Waals surface area (Å²) >= 11 is 6.17. The Hall–Kier alpha value is -1.08. The molecule has 1 nitrogen and oxygen atoms in total. The molecule has 0 aliphatic heterocycles. The van der Waals surface area contributed by atoms with Crippen molar-refractivity contribution in [2.45, 2.75) is 32.6 Å². The van der Waals surface area contributed by atoms with Crippen LogP contribution in [0.1, 0.15) is 30.4 Å². The molecule has 0 radical (unpaired) electrons. The van der Waals surface area contributed by atoms with Crippen molar-refractivity contribution in [3.05, 3.63) is 46.0 Å². The maximum absolute atomic E-state index is 11.3. The molecular weight excluding hydrogens is 220 g/mol. The van der Waals surface area contributed by atoms with E-state index in [0.717, 1.165) is 29.8 Å². The Morgan fingerprint density at radius 3 is 2.81 bits per heavy atom. The van der Waals surface area contributed by atoms with E-state index < -0.39 is 0 Å². The van der Waals surface area contributed by atoms with Crippen LogP contribution in [0.5, 0.6) is 0 Å². The highest BCUT2D eigenvalue weighted by molar-refractivity contribution is 6.31. The van der Waals surface area contributed by atoms with E-state index in [0.29, 0.717) is 6.42 Å². The first-order valence-electron chi connectivity index (χ1n) is 5.62. The summed E-state index contributed by atoms with van der Waals surface area (Å²) in [7, 11) is 0. The summed E-state index contributed by atoms with van der Waals surface area (Å²) < 4.78 is 0. The Morgan fingerprint density at radius 1 is 1.31 bits per heavy atom. The van der Waals surface area contributed by atoms with Crippen LogP contribution in [0.15, 0.2) is 29.8 Å². The van der Waals surface area contributed by atoms with E-state index in [1.807, 2.05) is 13.0 Å². The Labute approximate surface area is 101 Å². The Bertz CT molecular complexity index is 446. The molecule has 1 aliphatic carbocycles. The van der Waals surface area contributed by atoms with Crippen LogP contribution in [0, 0.1) is 6.92 Å². The predicted molar refractivity (Wildman–Crippen MR) is 66.8 cm³/mol. The second kappa shape index (κ2) is 4.84. The summed E-state index contributed by atoms with van der Waals surface area (Å²) in [5, 5.41) is 0.805. The van der Waals surface area contributed by atoms with Crippen LogP contribution in [0.3, 0.4) is 0 Å². The lowest BCUT2D eigenvalue weighted by molar-refractivity contribution is -0.115. The zero-order valence-electron chi connectivity index (χ0n) is 9.42. The van der Waals surface area contributed by atoms with Crippen LogP contribution in [-0.4, -0.2) is 5.78 Å². The minimum atomic E-state index is 0.254. The number of hydrogen-bond acceptors (Lipinski definition) is 1. The van der Waals surface area contributed by atoms with Crippen LogP contribution in [-0.2, 0) is 11.2 Å². The lowest BCUT2D eigenvalue weighted by Gasteiger charge is -2.13. The van der Waals surface area contributed by atoms with E-state index in [9.17, 15) is 4.79 Å². The molecule has 0 heterocycles. The fourth-order valence-electron chi connectivity index (χ4n) is 2.04. The minimum Gasteiger partial charge on any atom is -0.295 e. The lowest BCUT2D eigenvalue weighted by Crippen LogP contribution is -2.04. The standard InChI is InChI=1S/C14H15ClO/c1-10-5-6-12(14(15)7-10)8-11-3-2-4-13(16)9-11/h5-7,9H,2-4,8H2,1H3. The zero-order chi connectivity index (χ0) is 11.5. The zero-order valence-corrected chi connectivity index (χ0v) is 10.2. The number of benzene rings is 1. The number of hydrogen-bond donors (Lipinski definition) is 0. The molecule has 1 aromatic rings. The van der Waals surface area contributed by atoms with Crippen molar-refractivity contribution in [2.75, 3.05) is 0 Å². The molecule has 1 aromatic carbocycles.